The van der Waals surface area contributed by atoms with Crippen LogP contribution < -0.4 is 0 Å². The number of fused-ring (bicyclic) bond motifs is 1. The van der Waals surface area contributed by atoms with Crippen LogP contribution in [0, 0.1) is 0 Å². The second-order valence-corrected chi connectivity index (χ2v) is 14.8. The normalized spacial score (nSPS) is 13.1. The van der Waals surface area contributed by atoms with Gasteiger partial charge in [-0.15, -0.1) is 0 Å². The third kappa shape index (κ3) is 3.58. The maximum absolute atomic E-state index is 6.95. The number of benzene rings is 1. The zero-order chi connectivity index (χ0) is 22.1. The molecule has 0 aliphatic heterocycles. The molecular weight excluding hydrogens is 410 g/mol. The Morgan fingerprint density at radius 2 is 1.60 bits per heavy atom. The first-order valence-electron chi connectivity index (χ1n) is 10.6. The number of aromatic nitrogens is 2. The number of pyridine rings is 1. The number of hydrogen-bond donors (Lipinski definition) is 0. The molecule has 0 aliphatic rings. The third-order valence-corrected chi connectivity index (χ3v) is 13.5. The van der Waals surface area contributed by atoms with Gasteiger partial charge in [0, 0.05) is 22.7 Å². The Morgan fingerprint density at radius 3 is 2.13 bits per heavy atom. The van der Waals surface area contributed by atoms with Crippen LogP contribution in [0.15, 0.2) is 53.9 Å². The van der Waals surface area contributed by atoms with Crippen LogP contribution in [0.2, 0.25) is 21.6 Å². The highest BCUT2D eigenvalue weighted by atomic mass is 35.5. The Hall–Kier alpha value is -2.11. The van der Waals surface area contributed by atoms with E-state index in [0.717, 1.165) is 22.2 Å². The summed E-state index contributed by atoms with van der Waals surface area (Å²) in [5.41, 5.74) is 5.09. The van der Waals surface area contributed by atoms with Gasteiger partial charge in [0.05, 0.1) is 5.02 Å². The second kappa shape index (κ2) is 8.94. The van der Waals surface area contributed by atoms with Crippen molar-refractivity contribution in [3.63, 3.8) is 0 Å². The molecule has 2 heterocycles. The van der Waals surface area contributed by atoms with E-state index in [1.165, 1.54) is 0 Å². The van der Waals surface area contributed by atoms with E-state index in [9.17, 15) is 0 Å². The molecule has 0 aliphatic carbocycles. The van der Waals surface area contributed by atoms with E-state index in [4.69, 9.17) is 21.4 Å². The minimum atomic E-state index is -1.92. The van der Waals surface area contributed by atoms with Crippen molar-refractivity contribution in [1.29, 1.82) is 0 Å². The molecule has 0 bridgehead atoms. The lowest BCUT2D eigenvalue weighted by molar-refractivity contribution is 0.214. The first-order valence-corrected chi connectivity index (χ1v) is 13.1. The fraction of sp³-hybridized carbons (Fsp3) is 0.417. The van der Waals surface area contributed by atoms with Crippen molar-refractivity contribution in [2.75, 3.05) is 7.11 Å². The largest absolute Gasteiger partial charge is 0.399 e. The predicted octanol–water partition coefficient (Wildman–Crippen LogP) is 7.11. The topological polar surface area (TPSA) is 39.4 Å². The van der Waals surface area contributed by atoms with E-state index in [1.807, 2.05) is 36.5 Å². The molecule has 2 aromatic heterocycles. The van der Waals surface area contributed by atoms with Gasteiger partial charge < -0.3 is 9.07 Å². The Morgan fingerprint density at radius 1 is 1.00 bits per heavy atom. The van der Waals surface area contributed by atoms with Crippen LogP contribution in [-0.2, 0) is 4.84 Å². The highest BCUT2D eigenvalue weighted by Crippen LogP contribution is 2.44. The molecule has 4 nitrogen and oxygen atoms in total. The summed E-state index contributed by atoms with van der Waals surface area (Å²) in [5.74, 6) is 0. The van der Waals surface area contributed by atoms with Crippen molar-refractivity contribution in [2.24, 2.45) is 5.16 Å². The summed E-state index contributed by atoms with van der Waals surface area (Å²) in [5, 5.41) is 5.90. The summed E-state index contributed by atoms with van der Waals surface area (Å²) >= 11 is 6.95. The fourth-order valence-electron chi connectivity index (χ4n) is 5.31. The lowest BCUT2D eigenvalue weighted by atomic mass is 10.0. The Labute approximate surface area is 186 Å². The zero-order valence-electron chi connectivity index (χ0n) is 19.0. The molecule has 0 N–H and O–H groups in total. The molecule has 0 radical (unpaired) electrons. The predicted molar refractivity (Wildman–Crippen MR) is 130 cm³/mol. The van der Waals surface area contributed by atoms with Gasteiger partial charge in [0.25, 0.3) is 0 Å². The van der Waals surface area contributed by atoms with Crippen molar-refractivity contribution < 1.29 is 4.84 Å². The van der Waals surface area contributed by atoms with Crippen LogP contribution in [0.1, 0.15) is 52.7 Å². The molecule has 0 amide bonds. The van der Waals surface area contributed by atoms with E-state index in [1.54, 1.807) is 7.11 Å². The van der Waals surface area contributed by atoms with E-state index >= 15 is 0 Å². The van der Waals surface area contributed by atoms with E-state index < -0.39 is 8.24 Å². The van der Waals surface area contributed by atoms with Crippen molar-refractivity contribution >= 4 is 36.6 Å². The van der Waals surface area contributed by atoms with Crippen molar-refractivity contribution in [2.45, 2.75) is 58.2 Å². The first kappa shape index (κ1) is 22.6. The maximum Gasteiger partial charge on any atom is 0.171 e. The quantitative estimate of drug-likeness (QED) is 0.222. The fourth-order valence-corrected chi connectivity index (χ4v) is 12.1. The Kier molecular flexibility index (Phi) is 6.73. The summed E-state index contributed by atoms with van der Waals surface area (Å²) in [4.78, 5) is 10.1. The molecule has 0 spiro atoms. The number of halogens is 1. The van der Waals surface area contributed by atoms with Crippen LogP contribution in [0.4, 0.5) is 0 Å². The SMILES string of the molecule is CON=C(c1ccccc1)c1cnc2c(ccn2[Si](C(C)C)(C(C)C)C(C)C)c1Cl. The molecule has 3 rings (SSSR count). The van der Waals surface area contributed by atoms with Crippen LogP contribution in [0.3, 0.4) is 0 Å². The van der Waals surface area contributed by atoms with Gasteiger partial charge in [-0.3, -0.25) is 0 Å². The van der Waals surface area contributed by atoms with Gasteiger partial charge in [0.1, 0.15) is 18.5 Å². The number of rotatable bonds is 7. The number of hydrogen-bond acceptors (Lipinski definition) is 3. The molecule has 3 aromatic rings. The van der Waals surface area contributed by atoms with Gasteiger partial charge in [-0.05, 0) is 28.9 Å². The highest BCUT2D eigenvalue weighted by molar-refractivity contribution is 6.82. The monoisotopic (exact) mass is 441 g/mol. The molecule has 1 aromatic carbocycles. The highest BCUT2D eigenvalue weighted by Gasteiger charge is 2.46. The van der Waals surface area contributed by atoms with Gasteiger partial charge in [-0.2, -0.15) is 0 Å². The van der Waals surface area contributed by atoms with E-state index in [0.29, 0.717) is 27.4 Å². The number of nitrogens with zero attached hydrogens (tertiary/aromatic N) is 3. The lowest BCUT2D eigenvalue weighted by Crippen LogP contribution is -2.51. The van der Waals surface area contributed by atoms with E-state index in [-0.39, 0.29) is 0 Å². The average molecular weight is 442 g/mol. The van der Waals surface area contributed by atoms with Crippen molar-refractivity contribution in [3.8, 4) is 0 Å². The molecule has 0 fully saturated rings. The summed E-state index contributed by atoms with van der Waals surface area (Å²) in [6.07, 6.45) is 4.04. The molecule has 0 saturated heterocycles. The first-order chi connectivity index (χ1) is 14.3. The van der Waals surface area contributed by atoms with Crippen LogP contribution in [0.25, 0.3) is 11.0 Å². The molecule has 0 saturated carbocycles. The summed E-state index contributed by atoms with van der Waals surface area (Å²) in [6, 6.07) is 12.0. The number of oxime groups is 1. The lowest BCUT2D eigenvalue weighted by Gasteiger charge is -2.44. The van der Waals surface area contributed by atoms with Crippen molar-refractivity contribution in [3.05, 3.63) is 64.9 Å². The van der Waals surface area contributed by atoms with E-state index in [2.05, 4.69) is 63.2 Å². The van der Waals surface area contributed by atoms with Gasteiger partial charge in [-0.1, -0.05) is 88.6 Å². The summed E-state index contributed by atoms with van der Waals surface area (Å²) in [7, 11) is -0.373. The average Bonchev–Trinajstić information content (AvgIpc) is 3.12. The van der Waals surface area contributed by atoms with Gasteiger partial charge in [-0.25, -0.2) is 4.98 Å². The molecule has 0 atom stereocenters. The summed E-state index contributed by atoms with van der Waals surface area (Å²) in [6.45, 7) is 14.1. The van der Waals surface area contributed by atoms with Gasteiger partial charge >= 0.3 is 0 Å². The van der Waals surface area contributed by atoms with Crippen LogP contribution >= 0.6 is 11.6 Å². The van der Waals surface area contributed by atoms with Crippen LogP contribution in [-0.4, -0.2) is 30.3 Å². The summed E-state index contributed by atoms with van der Waals surface area (Å²) < 4.78 is 2.48. The van der Waals surface area contributed by atoms with Gasteiger partial charge in [0.2, 0.25) is 0 Å². The minimum Gasteiger partial charge on any atom is -0.399 e. The molecule has 30 heavy (non-hydrogen) atoms. The Balaban J connectivity index is 2.24. The minimum absolute atomic E-state index is 0.572. The second-order valence-electron chi connectivity index (χ2n) is 8.75. The van der Waals surface area contributed by atoms with Crippen molar-refractivity contribution in [1.82, 2.24) is 9.22 Å². The maximum atomic E-state index is 6.95. The Bertz CT molecular complexity index is 1020. The molecule has 0 unspecified atom stereocenters. The molecule has 6 heteroatoms. The van der Waals surface area contributed by atoms with Gasteiger partial charge in [0.15, 0.2) is 8.24 Å². The molecular formula is C24H32ClN3OSi. The zero-order valence-corrected chi connectivity index (χ0v) is 20.7. The smallest absolute Gasteiger partial charge is 0.171 e. The molecule has 160 valence electrons. The van der Waals surface area contributed by atoms with Crippen LogP contribution in [0.5, 0.6) is 0 Å². The third-order valence-electron chi connectivity index (χ3n) is 6.33. The standard InChI is InChI=1S/C24H32ClN3OSi/c1-16(2)30(17(3)4,18(5)6)28-14-13-20-22(25)21(15-26-24(20)28)23(27-29-7)19-11-9-8-10-12-19/h8-18H,1-7H3.